The summed E-state index contributed by atoms with van der Waals surface area (Å²) < 4.78 is 5.73. The highest BCUT2D eigenvalue weighted by molar-refractivity contribution is 5.80. The summed E-state index contributed by atoms with van der Waals surface area (Å²) in [7, 11) is 0. The lowest BCUT2D eigenvalue weighted by molar-refractivity contribution is -0.157. The van der Waals surface area contributed by atoms with Gasteiger partial charge in [0, 0.05) is 0 Å². The fourth-order valence-corrected chi connectivity index (χ4v) is 2.62. The summed E-state index contributed by atoms with van der Waals surface area (Å²) in [6.07, 6.45) is 3.00. The number of likely N-dealkylation sites (N-methyl/N-ethyl adjacent to an activating group) is 1. The fraction of sp³-hybridized carbons (Fsp3) is 0.562. The van der Waals surface area contributed by atoms with Crippen LogP contribution in [0.3, 0.4) is 0 Å². The molecule has 3 heteroatoms. The van der Waals surface area contributed by atoms with E-state index in [-0.39, 0.29) is 12.1 Å². The number of esters is 1. The Hall–Kier alpha value is -1.35. The van der Waals surface area contributed by atoms with E-state index in [9.17, 15) is 4.79 Å². The molecule has 0 aromatic heterocycles. The maximum atomic E-state index is 12.2. The minimum absolute atomic E-state index is 0.0876. The summed E-state index contributed by atoms with van der Waals surface area (Å²) in [6, 6.07) is 8.27. The zero-order valence-electron chi connectivity index (χ0n) is 12.0. The summed E-state index contributed by atoms with van der Waals surface area (Å²) in [5.41, 5.74) is 1.86. The molecular formula is C16H23NO2. The molecule has 0 bridgehead atoms. The SMILES string of the molecule is CCNC(C)(C)C(=O)OC1CCCc2ccccc21. The molecule has 0 amide bonds. The van der Waals surface area contributed by atoms with Crippen LogP contribution in [-0.2, 0) is 16.0 Å². The van der Waals surface area contributed by atoms with E-state index >= 15 is 0 Å². The maximum absolute atomic E-state index is 12.2. The van der Waals surface area contributed by atoms with Gasteiger partial charge in [0.2, 0.25) is 0 Å². The predicted molar refractivity (Wildman–Crippen MR) is 76.0 cm³/mol. The minimum atomic E-state index is -0.624. The molecule has 19 heavy (non-hydrogen) atoms. The number of carbonyl (C=O) groups excluding carboxylic acids is 1. The van der Waals surface area contributed by atoms with Crippen molar-refractivity contribution in [1.82, 2.24) is 5.32 Å². The van der Waals surface area contributed by atoms with Gasteiger partial charge in [0.1, 0.15) is 11.6 Å². The van der Waals surface area contributed by atoms with Crippen LogP contribution in [0.25, 0.3) is 0 Å². The molecule has 1 aromatic rings. The number of rotatable bonds is 4. The Morgan fingerprint density at radius 2 is 2.16 bits per heavy atom. The van der Waals surface area contributed by atoms with E-state index in [1.54, 1.807) is 0 Å². The summed E-state index contributed by atoms with van der Waals surface area (Å²) in [6.45, 7) is 6.48. The fourth-order valence-electron chi connectivity index (χ4n) is 2.62. The summed E-state index contributed by atoms with van der Waals surface area (Å²) in [4.78, 5) is 12.2. The number of nitrogens with one attached hydrogen (secondary N) is 1. The average Bonchev–Trinajstić information content (AvgIpc) is 2.39. The normalized spacial score (nSPS) is 18.8. The Balaban J connectivity index is 2.11. The van der Waals surface area contributed by atoms with E-state index in [2.05, 4.69) is 17.4 Å². The van der Waals surface area contributed by atoms with Gasteiger partial charge in [-0.2, -0.15) is 0 Å². The molecule has 3 nitrogen and oxygen atoms in total. The number of hydrogen-bond donors (Lipinski definition) is 1. The van der Waals surface area contributed by atoms with Gasteiger partial charge in [-0.3, -0.25) is 4.79 Å². The second-order valence-corrected chi connectivity index (χ2v) is 5.64. The van der Waals surface area contributed by atoms with E-state index in [0.717, 1.165) is 25.8 Å². The van der Waals surface area contributed by atoms with Crippen LogP contribution in [0.1, 0.15) is 50.8 Å². The van der Waals surface area contributed by atoms with Gasteiger partial charge in [0.25, 0.3) is 0 Å². The van der Waals surface area contributed by atoms with E-state index in [0.29, 0.717) is 0 Å². The number of carbonyl (C=O) groups is 1. The van der Waals surface area contributed by atoms with Crippen molar-refractivity contribution in [2.45, 2.75) is 51.7 Å². The zero-order valence-corrected chi connectivity index (χ0v) is 12.0. The van der Waals surface area contributed by atoms with Crippen LogP contribution in [0.2, 0.25) is 0 Å². The van der Waals surface area contributed by atoms with Gasteiger partial charge in [-0.05, 0) is 50.8 Å². The molecule has 0 saturated heterocycles. The monoisotopic (exact) mass is 261 g/mol. The van der Waals surface area contributed by atoms with Crippen LogP contribution in [-0.4, -0.2) is 18.1 Å². The largest absolute Gasteiger partial charge is 0.456 e. The molecule has 1 aromatic carbocycles. The van der Waals surface area contributed by atoms with E-state index < -0.39 is 5.54 Å². The van der Waals surface area contributed by atoms with E-state index in [1.165, 1.54) is 11.1 Å². The van der Waals surface area contributed by atoms with Gasteiger partial charge in [-0.1, -0.05) is 31.2 Å². The molecule has 1 aliphatic carbocycles. The highest BCUT2D eigenvalue weighted by Crippen LogP contribution is 2.33. The Kier molecular flexibility index (Phi) is 4.25. The van der Waals surface area contributed by atoms with Crippen LogP contribution >= 0.6 is 0 Å². The molecule has 0 fully saturated rings. The lowest BCUT2D eigenvalue weighted by Crippen LogP contribution is -2.48. The zero-order chi connectivity index (χ0) is 13.9. The summed E-state index contributed by atoms with van der Waals surface area (Å²) in [5, 5.41) is 3.16. The third-order valence-electron chi connectivity index (χ3n) is 3.69. The molecular weight excluding hydrogens is 238 g/mol. The van der Waals surface area contributed by atoms with Crippen LogP contribution in [0.15, 0.2) is 24.3 Å². The van der Waals surface area contributed by atoms with Crippen LogP contribution < -0.4 is 5.32 Å². The first-order valence-electron chi connectivity index (χ1n) is 7.08. The van der Waals surface area contributed by atoms with Gasteiger partial charge in [0.05, 0.1) is 0 Å². The van der Waals surface area contributed by atoms with Gasteiger partial charge >= 0.3 is 5.97 Å². The van der Waals surface area contributed by atoms with Crippen LogP contribution in [0.5, 0.6) is 0 Å². The maximum Gasteiger partial charge on any atom is 0.326 e. The first-order chi connectivity index (χ1) is 9.04. The molecule has 0 aliphatic heterocycles. The Morgan fingerprint density at radius 3 is 2.89 bits per heavy atom. The summed E-state index contributed by atoms with van der Waals surface area (Å²) >= 11 is 0. The highest BCUT2D eigenvalue weighted by Gasteiger charge is 2.32. The van der Waals surface area contributed by atoms with Gasteiger partial charge in [0.15, 0.2) is 0 Å². The third-order valence-corrected chi connectivity index (χ3v) is 3.69. The van der Waals surface area contributed by atoms with Crippen molar-refractivity contribution in [3.05, 3.63) is 35.4 Å². The second-order valence-electron chi connectivity index (χ2n) is 5.64. The lowest BCUT2D eigenvalue weighted by atomic mass is 9.89. The van der Waals surface area contributed by atoms with Crippen LogP contribution in [0, 0.1) is 0 Å². The van der Waals surface area contributed by atoms with Crippen molar-refractivity contribution in [3.8, 4) is 0 Å². The smallest absolute Gasteiger partial charge is 0.326 e. The first-order valence-corrected chi connectivity index (χ1v) is 7.08. The Morgan fingerprint density at radius 1 is 1.42 bits per heavy atom. The number of aryl methyl sites for hydroxylation is 1. The van der Waals surface area contributed by atoms with Crippen molar-refractivity contribution >= 4 is 5.97 Å². The van der Waals surface area contributed by atoms with Gasteiger partial charge in [-0.15, -0.1) is 0 Å². The van der Waals surface area contributed by atoms with E-state index in [4.69, 9.17) is 4.74 Å². The van der Waals surface area contributed by atoms with Crippen molar-refractivity contribution in [2.24, 2.45) is 0 Å². The lowest BCUT2D eigenvalue weighted by Gasteiger charge is -2.30. The standard InChI is InChI=1S/C16H23NO2/c1-4-17-16(2,3)15(18)19-14-11-7-9-12-8-5-6-10-13(12)14/h5-6,8,10,14,17H,4,7,9,11H2,1-3H3. The van der Waals surface area contributed by atoms with Gasteiger partial charge < -0.3 is 10.1 Å². The van der Waals surface area contributed by atoms with Crippen LogP contribution in [0.4, 0.5) is 0 Å². The molecule has 2 rings (SSSR count). The Bertz CT molecular complexity index is 454. The number of ether oxygens (including phenoxy) is 1. The number of benzene rings is 1. The third kappa shape index (κ3) is 3.16. The van der Waals surface area contributed by atoms with Crippen molar-refractivity contribution in [3.63, 3.8) is 0 Å². The highest BCUT2D eigenvalue weighted by atomic mass is 16.5. The van der Waals surface area contributed by atoms with Crippen molar-refractivity contribution in [2.75, 3.05) is 6.54 Å². The Labute approximate surface area is 115 Å². The molecule has 0 heterocycles. The second kappa shape index (κ2) is 5.74. The molecule has 1 unspecified atom stereocenters. The quantitative estimate of drug-likeness (QED) is 0.847. The molecule has 0 saturated carbocycles. The minimum Gasteiger partial charge on any atom is -0.456 e. The van der Waals surface area contributed by atoms with E-state index in [1.807, 2.05) is 32.9 Å². The number of fused-ring (bicyclic) bond motifs is 1. The summed E-state index contributed by atoms with van der Waals surface area (Å²) in [5.74, 6) is -0.170. The molecule has 0 radical (unpaired) electrons. The van der Waals surface area contributed by atoms with Crippen molar-refractivity contribution < 1.29 is 9.53 Å². The molecule has 0 spiro atoms. The molecule has 104 valence electrons. The molecule has 1 aliphatic rings. The molecule has 1 atom stereocenters. The number of hydrogen-bond acceptors (Lipinski definition) is 3. The topological polar surface area (TPSA) is 38.3 Å². The first kappa shape index (κ1) is 14.1. The van der Waals surface area contributed by atoms with Crippen molar-refractivity contribution in [1.29, 1.82) is 0 Å². The van der Waals surface area contributed by atoms with Gasteiger partial charge in [-0.25, -0.2) is 0 Å². The molecule has 1 N–H and O–H groups in total. The average molecular weight is 261 g/mol. The predicted octanol–water partition coefficient (Wildman–Crippen LogP) is 3.00.